The maximum absolute atomic E-state index is 11.7. The molecule has 0 saturated carbocycles. The standard InChI is InChI=1S/C16H20N2O3/c1-11(9-16(20)21)18-15(19)8-4-5-12-10-17-14-7-3-2-6-13(12)14/h2-3,6-7,10-11,17H,4-5,8-9H2,1H3,(H,18,19)(H,20,21). The van der Waals surface area contributed by atoms with Crippen LogP contribution in [-0.4, -0.2) is 28.0 Å². The third-order valence-electron chi connectivity index (χ3n) is 3.41. The van der Waals surface area contributed by atoms with Crippen LogP contribution in [0.3, 0.4) is 0 Å². The number of carbonyl (C=O) groups is 2. The molecule has 2 rings (SSSR count). The van der Waals surface area contributed by atoms with Gasteiger partial charge in [-0.25, -0.2) is 0 Å². The van der Waals surface area contributed by atoms with Gasteiger partial charge in [0, 0.05) is 29.6 Å². The van der Waals surface area contributed by atoms with Crippen molar-refractivity contribution in [2.75, 3.05) is 0 Å². The number of para-hydroxylation sites is 1. The predicted octanol–water partition coefficient (Wildman–Crippen LogP) is 2.47. The second kappa shape index (κ2) is 6.92. The first-order chi connectivity index (χ1) is 10.1. The molecule has 5 heteroatoms. The summed E-state index contributed by atoms with van der Waals surface area (Å²) in [4.78, 5) is 25.5. The maximum Gasteiger partial charge on any atom is 0.305 e. The molecule has 1 aromatic heterocycles. The lowest BCUT2D eigenvalue weighted by molar-refractivity contribution is -0.137. The number of nitrogens with one attached hydrogen (secondary N) is 2. The molecule has 2 aromatic rings. The molecule has 3 N–H and O–H groups in total. The molecular formula is C16H20N2O3. The second-order valence-electron chi connectivity index (χ2n) is 5.28. The minimum absolute atomic E-state index is 0.0474. The monoisotopic (exact) mass is 288 g/mol. The first-order valence-electron chi connectivity index (χ1n) is 7.12. The smallest absolute Gasteiger partial charge is 0.305 e. The summed E-state index contributed by atoms with van der Waals surface area (Å²) in [6.45, 7) is 1.70. The van der Waals surface area contributed by atoms with Gasteiger partial charge in [0.2, 0.25) is 5.91 Å². The Kier molecular flexibility index (Phi) is 4.98. The number of aryl methyl sites for hydroxylation is 1. The van der Waals surface area contributed by atoms with E-state index in [1.807, 2.05) is 24.4 Å². The molecule has 1 atom stereocenters. The van der Waals surface area contributed by atoms with Crippen molar-refractivity contribution in [1.29, 1.82) is 0 Å². The number of rotatable bonds is 7. The van der Waals surface area contributed by atoms with Gasteiger partial charge in [0.15, 0.2) is 0 Å². The number of aromatic nitrogens is 1. The SMILES string of the molecule is CC(CC(=O)O)NC(=O)CCCc1c[nH]c2ccccc12. The number of carboxylic acid groups (broad SMARTS) is 1. The van der Waals surface area contributed by atoms with Crippen LogP contribution in [0, 0.1) is 0 Å². The summed E-state index contributed by atoms with van der Waals surface area (Å²) < 4.78 is 0. The zero-order valence-corrected chi connectivity index (χ0v) is 12.1. The highest BCUT2D eigenvalue weighted by Gasteiger charge is 2.11. The molecule has 0 aliphatic heterocycles. The third-order valence-corrected chi connectivity index (χ3v) is 3.41. The number of aliphatic carboxylic acids is 1. The molecule has 0 fully saturated rings. The fourth-order valence-corrected chi connectivity index (χ4v) is 2.44. The molecule has 1 heterocycles. The predicted molar refractivity (Wildman–Crippen MR) is 81.1 cm³/mol. The molecule has 1 amide bonds. The van der Waals surface area contributed by atoms with Crippen LogP contribution in [0.25, 0.3) is 10.9 Å². The third kappa shape index (κ3) is 4.34. The molecule has 0 aliphatic carbocycles. The molecule has 0 bridgehead atoms. The van der Waals surface area contributed by atoms with Gasteiger partial charge in [0.25, 0.3) is 0 Å². The number of amides is 1. The molecule has 0 radical (unpaired) electrons. The van der Waals surface area contributed by atoms with Crippen LogP contribution in [0.4, 0.5) is 0 Å². The normalized spacial score (nSPS) is 12.2. The van der Waals surface area contributed by atoms with E-state index in [4.69, 9.17) is 5.11 Å². The van der Waals surface area contributed by atoms with Crippen LogP contribution in [-0.2, 0) is 16.0 Å². The lowest BCUT2D eigenvalue weighted by atomic mass is 10.1. The Hall–Kier alpha value is -2.30. The Morgan fingerprint density at radius 3 is 2.86 bits per heavy atom. The van der Waals surface area contributed by atoms with Gasteiger partial charge in [-0.1, -0.05) is 18.2 Å². The van der Waals surface area contributed by atoms with E-state index in [0.29, 0.717) is 6.42 Å². The van der Waals surface area contributed by atoms with Crippen molar-refractivity contribution < 1.29 is 14.7 Å². The largest absolute Gasteiger partial charge is 0.481 e. The molecule has 1 aromatic carbocycles. The van der Waals surface area contributed by atoms with E-state index >= 15 is 0 Å². The first-order valence-corrected chi connectivity index (χ1v) is 7.12. The fourth-order valence-electron chi connectivity index (χ4n) is 2.44. The van der Waals surface area contributed by atoms with Crippen LogP contribution in [0.1, 0.15) is 31.7 Å². The summed E-state index contributed by atoms with van der Waals surface area (Å²) in [7, 11) is 0. The molecule has 0 aliphatic rings. The molecular weight excluding hydrogens is 268 g/mol. The average Bonchev–Trinajstić information content (AvgIpc) is 2.81. The number of hydrogen-bond acceptors (Lipinski definition) is 2. The molecule has 112 valence electrons. The van der Waals surface area contributed by atoms with E-state index in [1.165, 1.54) is 10.9 Å². The van der Waals surface area contributed by atoms with E-state index in [2.05, 4.69) is 16.4 Å². The first kappa shape index (κ1) is 15.1. The van der Waals surface area contributed by atoms with Crippen molar-refractivity contribution in [3.63, 3.8) is 0 Å². The van der Waals surface area contributed by atoms with Crippen LogP contribution >= 0.6 is 0 Å². The van der Waals surface area contributed by atoms with Gasteiger partial charge in [0.1, 0.15) is 0 Å². The Bertz CT molecular complexity index is 633. The van der Waals surface area contributed by atoms with E-state index in [-0.39, 0.29) is 18.4 Å². The summed E-state index contributed by atoms with van der Waals surface area (Å²) in [6.07, 6.45) is 3.91. The Morgan fingerprint density at radius 2 is 2.10 bits per heavy atom. The van der Waals surface area contributed by atoms with Gasteiger partial charge < -0.3 is 15.4 Å². The van der Waals surface area contributed by atoms with Gasteiger partial charge in [-0.15, -0.1) is 0 Å². The number of aromatic amines is 1. The molecule has 0 spiro atoms. The summed E-state index contributed by atoms with van der Waals surface area (Å²) in [5, 5.41) is 12.5. The number of fused-ring (bicyclic) bond motifs is 1. The topological polar surface area (TPSA) is 82.2 Å². The zero-order chi connectivity index (χ0) is 15.2. The van der Waals surface area contributed by atoms with Crippen molar-refractivity contribution >= 4 is 22.8 Å². The lowest BCUT2D eigenvalue weighted by Crippen LogP contribution is -2.34. The van der Waals surface area contributed by atoms with Crippen LogP contribution < -0.4 is 5.32 Å². The van der Waals surface area contributed by atoms with Gasteiger partial charge in [0.05, 0.1) is 6.42 Å². The number of carbonyl (C=O) groups excluding carboxylic acids is 1. The van der Waals surface area contributed by atoms with Gasteiger partial charge in [-0.05, 0) is 31.4 Å². The summed E-state index contributed by atoms with van der Waals surface area (Å²) in [5.74, 6) is -0.995. The Balaban J connectivity index is 1.79. The second-order valence-corrected chi connectivity index (χ2v) is 5.28. The lowest BCUT2D eigenvalue weighted by Gasteiger charge is -2.11. The van der Waals surface area contributed by atoms with Gasteiger partial charge >= 0.3 is 5.97 Å². The Labute approximate surface area is 123 Å². The summed E-state index contributed by atoms with van der Waals surface area (Å²) in [6, 6.07) is 7.75. The average molecular weight is 288 g/mol. The highest BCUT2D eigenvalue weighted by atomic mass is 16.4. The van der Waals surface area contributed by atoms with Crippen molar-refractivity contribution in [3.05, 3.63) is 36.0 Å². The number of hydrogen-bond donors (Lipinski definition) is 3. The van der Waals surface area contributed by atoms with Crippen LogP contribution in [0.15, 0.2) is 30.5 Å². The summed E-state index contributed by atoms with van der Waals surface area (Å²) in [5.41, 5.74) is 2.31. The van der Waals surface area contributed by atoms with E-state index in [0.717, 1.165) is 18.4 Å². The van der Waals surface area contributed by atoms with Crippen molar-refractivity contribution in [3.8, 4) is 0 Å². The molecule has 5 nitrogen and oxygen atoms in total. The highest BCUT2D eigenvalue weighted by molar-refractivity contribution is 5.83. The van der Waals surface area contributed by atoms with E-state index in [1.54, 1.807) is 6.92 Å². The molecule has 1 unspecified atom stereocenters. The fraction of sp³-hybridized carbons (Fsp3) is 0.375. The van der Waals surface area contributed by atoms with Crippen molar-refractivity contribution in [1.82, 2.24) is 10.3 Å². The maximum atomic E-state index is 11.7. The molecule has 21 heavy (non-hydrogen) atoms. The Morgan fingerprint density at radius 1 is 1.33 bits per heavy atom. The van der Waals surface area contributed by atoms with Gasteiger partial charge in [-0.3, -0.25) is 9.59 Å². The molecule has 0 saturated heterocycles. The van der Waals surface area contributed by atoms with Crippen molar-refractivity contribution in [2.45, 2.75) is 38.6 Å². The number of H-pyrrole nitrogens is 1. The quantitative estimate of drug-likeness (QED) is 0.732. The van der Waals surface area contributed by atoms with Crippen LogP contribution in [0.5, 0.6) is 0 Å². The van der Waals surface area contributed by atoms with E-state index < -0.39 is 5.97 Å². The minimum atomic E-state index is -0.901. The number of carboxylic acids is 1. The zero-order valence-electron chi connectivity index (χ0n) is 12.1. The highest BCUT2D eigenvalue weighted by Crippen LogP contribution is 2.19. The number of benzene rings is 1. The minimum Gasteiger partial charge on any atom is -0.481 e. The van der Waals surface area contributed by atoms with E-state index in [9.17, 15) is 9.59 Å². The van der Waals surface area contributed by atoms with Gasteiger partial charge in [-0.2, -0.15) is 0 Å². The van der Waals surface area contributed by atoms with Crippen LogP contribution in [0.2, 0.25) is 0 Å². The van der Waals surface area contributed by atoms with Crippen molar-refractivity contribution in [2.24, 2.45) is 0 Å². The summed E-state index contributed by atoms with van der Waals surface area (Å²) >= 11 is 0.